The average molecular weight is 343 g/mol. The summed E-state index contributed by atoms with van der Waals surface area (Å²) in [4.78, 5) is 15.4. The van der Waals surface area contributed by atoms with Crippen LogP contribution in [0.4, 0.5) is 20.6 Å². The Morgan fingerprint density at radius 1 is 1.36 bits per heavy atom. The Bertz CT molecular complexity index is 781. The molecular weight excluding hydrogens is 321 g/mol. The molecule has 1 aliphatic heterocycles. The molecule has 0 aromatic heterocycles. The van der Waals surface area contributed by atoms with E-state index in [1.807, 2.05) is 7.05 Å². The molecule has 2 aromatic rings. The Kier molecular flexibility index (Phi) is 4.90. The summed E-state index contributed by atoms with van der Waals surface area (Å²) < 4.78 is 13.9. The molecule has 5 nitrogen and oxygen atoms in total. The fourth-order valence-electron chi connectivity index (χ4n) is 3.38. The van der Waals surface area contributed by atoms with E-state index in [1.54, 1.807) is 24.3 Å². The lowest BCUT2D eigenvalue weighted by molar-refractivity contribution is 0.198. The van der Waals surface area contributed by atoms with Crippen LogP contribution in [-0.4, -0.2) is 42.3 Å². The van der Waals surface area contributed by atoms with E-state index in [2.05, 4.69) is 4.90 Å². The van der Waals surface area contributed by atoms with E-state index in [0.717, 1.165) is 19.4 Å². The van der Waals surface area contributed by atoms with Crippen LogP contribution in [0.1, 0.15) is 12.8 Å². The van der Waals surface area contributed by atoms with Gasteiger partial charge in [-0.15, -0.1) is 0 Å². The van der Waals surface area contributed by atoms with Crippen LogP contribution in [-0.2, 0) is 0 Å². The number of carboxylic acid groups (broad SMARTS) is 1. The van der Waals surface area contributed by atoms with Gasteiger partial charge in [-0.05, 0) is 62.3 Å². The fraction of sp³-hybridized carbons (Fsp3) is 0.316. The molecule has 0 unspecified atom stereocenters. The van der Waals surface area contributed by atoms with Gasteiger partial charge in [0, 0.05) is 23.8 Å². The molecule has 3 rings (SSSR count). The summed E-state index contributed by atoms with van der Waals surface area (Å²) >= 11 is 0. The highest BCUT2D eigenvalue weighted by Crippen LogP contribution is 2.33. The Morgan fingerprint density at radius 3 is 2.80 bits per heavy atom. The zero-order chi connectivity index (χ0) is 18.0. The van der Waals surface area contributed by atoms with Crippen LogP contribution in [0.2, 0.25) is 0 Å². The summed E-state index contributed by atoms with van der Waals surface area (Å²) in [6, 6.07) is 11.4. The minimum absolute atomic E-state index is 0.162. The molecule has 1 heterocycles. The van der Waals surface area contributed by atoms with Gasteiger partial charge < -0.3 is 15.7 Å². The molecule has 6 heteroatoms. The Morgan fingerprint density at radius 2 is 2.16 bits per heavy atom. The van der Waals surface area contributed by atoms with E-state index < -0.39 is 11.9 Å². The second-order valence-corrected chi connectivity index (χ2v) is 6.46. The minimum atomic E-state index is -1.04. The standard InChI is InChI=1S/C19H22FN3O2/c1-22-9-3-6-16(22)12-23(19(24)25)18-8-7-14(20)11-17(18)13-4-2-5-15(21)10-13/h2,4-5,7-8,10-11,16H,3,6,9,12,21H2,1H3,(H,24,25)/t16-/m0/s1. The summed E-state index contributed by atoms with van der Waals surface area (Å²) in [6.45, 7) is 1.32. The Labute approximate surface area is 146 Å². The van der Waals surface area contributed by atoms with Crippen molar-refractivity contribution in [2.24, 2.45) is 0 Å². The third-order valence-electron chi connectivity index (χ3n) is 4.74. The lowest BCUT2D eigenvalue weighted by Gasteiger charge is -2.28. The number of hydrogen-bond acceptors (Lipinski definition) is 3. The fourth-order valence-corrected chi connectivity index (χ4v) is 3.38. The maximum Gasteiger partial charge on any atom is 0.411 e. The molecule has 0 aliphatic carbocycles. The molecule has 0 spiro atoms. The van der Waals surface area contributed by atoms with Crippen molar-refractivity contribution >= 4 is 17.5 Å². The summed E-state index contributed by atoms with van der Waals surface area (Å²) in [6.07, 6.45) is 0.965. The van der Waals surface area contributed by atoms with Gasteiger partial charge in [0.05, 0.1) is 5.69 Å². The zero-order valence-corrected chi connectivity index (χ0v) is 14.2. The zero-order valence-electron chi connectivity index (χ0n) is 14.2. The highest BCUT2D eigenvalue weighted by atomic mass is 19.1. The number of likely N-dealkylation sites (tertiary alicyclic amines) is 1. The number of nitrogens with two attached hydrogens (primary N) is 1. The van der Waals surface area contributed by atoms with Crippen molar-refractivity contribution in [2.45, 2.75) is 18.9 Å². The maximum atomic E-state index is 13.9. The van der Waals surface area contributed by atoms with Crippen molar-refractivity contribution in [2.75, 3.05) is 30.8 Å². The number of likely N-dealkylation sites (N-methyl/N-ethyl adjacent to an activating group) is 1. The van der Waals surface area contributed by atoms with Gasteiger partial charge in [-0.2, -0.15) is 0 Å². The summed E-state index contributed by atoms with van der Waals surface area (Å²) in [5.41, 5.74) is 8.08. The van der Waals surface area contributed by atoms with Crippen molar-refractivity contribution in [3.63, 3.8) is 0 Å². The predicted molar refractivity (Wildman–Crippen MR) is 97.3 cm³/mol. The molecule has 0 bridgehead atoms. The highest BCUT2D eigenvalue weighted by Gasteiger charge is 2.28. The third kappa shape index (κ3) is 3.74. The van der Waals surface area contributed by atoms with E-state index in [0.29, 0.717) is 29.0 Å². The maximum absolute atomic E-state index is 13.9. The Balaban J connectivity index is 2.02. The van der Waals surface area contributed by atoms with E-state index in [4.69, 9.17) is 5.73 Å². The molecule has 25 heavy (non-hydrogen) atoms. The van der Waals surface area contributed by atoms with E-state index >= 15 is 0 Å². The SMILES string of the molecule is CN1CCC[C@H]1CN(C(=O)O)c1ccc(F)cc1-c1cccc(N)c1. The van der Waals surface area contributed by atoms with Crippen LogP contribution in [0.15, 0.2) is 42.5 Å². The average Bonchev–Trinajstić information content (AvgIpc) is 2.97. The van der Waals surface area contributed by atoms with Gasteiger partial charge in [-0.1, -0.05) is 12.1 Å². The smallest absolute Gasteiger partial charge is 0.411 e. The van der Waals surface area contributed by atoms with Gasteiger partial charge in [0.25, 0.3) is 0 Å². The topological polar surface area (TPSA) is 69.8 Å². The second-order valence-electron chi connectivity index (χ2n) is 6.46. The molecular formula is C19H22FN3O2. The van der Waals surface area contributed by atoms with Gasteiger partial charge in [0.2, 0.25) is 0 Å². The first-order chi connectivity index (χ1) is 12.0. The van der Waals surface area contributed by atoms with Crippen LogP contribution in [0.3, 0.4) is 0 Å². The van der Waals surface area contributed by atoms with Gasteiger partial charge in [-0.25, -0.2) is 9.18 Å². The summed E-state index contributed by atoms with van der Waals surface area (Å²) in [7, 11) is 2.00. The number of hydrogen-bond donors (Lipinski definition) is 2. The summed E-state index contributed by atoms with van der Waals surface area (Å²) in [5.74, 6) is -0.413. The molecule has 3 N–H and O–H groups in total. The van der Waals surface area contributed by atoms with Gasteiger partial charge in [-0.3, -0.25) is 4.90 Å². The monoisotopic (exact) mass is 343 g/mol. The number of carbonyl (C=O) groups is 1. The molecule has 2 aromatic carbocycles. The molecule has 1 saturated heterocycles. The number of nitrogens with zero attached hydrogens (tertiary/aromatic N) is 2. The van der Waals surface area contributed by atoms with Gasteiger partial charge in [0.1, 0.15) is 5.82 Å². The molecule has 1 atom stereocenters. The molecule has 1 aliphatic rings. The van der Waals surface area contributed by atoms with E-state index in [1.165, 1.54) is 23.1 Å². The number of anilines is 2. The lowest BCUT2D eigenvalue weighted by atomic mass is 10.0. The minimum Gasteiger partial charge on any atom is -0.465 e. The molecule has 1 amide bonds. The third-order valence-corrected chi connectivity index (χ3v) is 4.74. The van der Waals surface area contributed by atoms with E-state index in [-0.39, 0.29) is 6.04 Å². The second kappa shape index (κ2) is 7.11. The quantitative estimate of drug-likeness (QED) is 0.832. The first-order valence-electron chi connectivity index (χ1n) is 8.32. The van der Waals surface area contributed by atoms with Crippen molar-refractivity contribution in [3.05, 3.63) is 48.3 Å². The largest absolute Gasteiger partial charge is 0.465 e. The number of rotatable bonds is 4. The normalized spacial score (nSPS) is 17.6. The van der Waals surface area contributed by atoms with Gasteiger partial charge >= 0.3 is 6.09 Å². The molecule has 0 saturated carbocycles. The number of nitrogen functional groups attached to an aromatic ring is 1. The van der Waals surface area contributed by atoms with Crippen LogP contribution >= 0.6 is 0 Å². The lowest BCUT2D eigenvalue weighted by Crippen LogP contribution is -2.41. The van der Waals surface area contributed by atoms with E-state index in [9.17, 15) is 14.3 Å². The van der Waals surface area contributed by atoms with Gasteiger partial charge in [0.15, 0.2) is 0 Å². The molecule has 1 fully saturated rings. The van der Waals surface area contributed by atoms with Crippen molar-refractivity contribution < 1.29 is 14.3 Å². The highest BCUT2D eigenvalue weighted by molar-refractivity contribution is 5.93. The van der Waals surface area contributed by atoms with Crippen molar-refractivity contribution in [1.29, 1.82) is 0 Å². The van der Waals surface area contributed by atoms with Crippen molar-refractivity contribution in [1.82, 2.24) is 4.90 Å². The number of amides is 1. The predicted octanol–water partition coefficient (Wildman–Crippen LogP) is 3.65. The van der Waals surface area contributed by atoms with Crippen LogP contribution in [0, 0.1) is 5.82 Å². The Hall–Kier alpha value is -2.60. The summed E-state index contributed by atoms with van der Waals surface area (Å²) in [5, 5.41) is 9.76. The molecule has 0 radical (unpaired) electrons. The van der Waals surface area contributed by atoms with Crippen molar-refractivity contribution in [3.8, 4) is 11.1 Å². The number of halogens is 1. The van der Waals surface area contributed by atoms with Crippen LogP contribution in [0.5, 0.6) is 0 Å². The first kappa shape index (κ1) is 17.2. The number of benzene rings is 2. The first-order valence-corrected chi connectivity index (χ1v) is 8.32. The van der Waals surface area contributed by atoms with Crippen LogP contribution < -0.4 is 10.6 Å². The van der Waals surface area contributed by atoms with Crippen LogP contribution in [0.25, 0.3) is 11.1 Å². The molecule has 132 valence electrons.